The summed E-state index contributed by atoms with van der Waals surface area (Å²) in [5.41, 5.74) is 3.50. The van der Waals surface area contributed by atoms with Crippen LogP contribution in [-0.4, -0.2) is 28.8 Å². The Balaban J connectivity index is 1.52. The number of nitrogens with zero attached hydrogens (tertiary/aromatic N) is 2. The van der Waals surface area contributed by atoms with Gasteiger partial charge < -0.3 is 4.90 Å². The summed E-state index contributed by atoms with van der Waals surface area (Å²) in [7, 11) is 0. The third-order valence-corrected chi connectivity index (χ3v) is 6.13. The van der Waals surface area contributed by atoms with Gasteiger partial charge in [-0.1, -0.05) is 103 Å². The predicted molar refractivity (Wildman–Crippen MR) is 125 cm³/mol. The Morgan fingerprint density at radius 1 is 0.645 bits per heavy atom. The largest absolute Gasteiger partial charge is 0.335 e. The quantitative estimate of drug-likeness (QED) is 0.441. The molecule has 1 saturated heterocycles. The van der Waals surface area contributed by atoms with Crippen molar-refractivity contribution in [3.05, 3.63) is 120 Å². The topological polar surface area (TPSA) is 23.6 Å². The maximum atomic E-state index is 13.9. The minimum absolute atomic E-state index is 0.183. The van der Waals surface area contributed by atoms with Gasteiger partial charge in [0.15, 0.2) is 0 Å². The molecule has 0 spiro atoms. The Bertz CT molecular complexity index is 1170. The Morgan fingerprint density at radius 3 is 2.00 bits per heavy atom. The zero-order valence-corrected chi connectivity index (χ0v) is 17.5. The average molecular weight is 407 g/mol. The third-order valence-electron chi connectivity index (χ3n) is 6.13. The standard InChI is InChI=1S/C28H26N2O/c31-28-27(26-17-9-15-24-14-7-8-16-25(24)26)29(20-22-10-3-1-4-11-22)18-19-30(28)21-23-12-5-2-6-13-23/h1-17,27H,18-21H2/t27-/m0/s1. The molecule has 3 nitrogen and oxygen atoms in total. The van der Waals surface area contributed by atoms with E-state index in [-0.39, 0.29) is 11.9 Å². The number of fused-ring (bicyclic) bond motifs is 1. The van der Waals surface area contributed by atoms with Crippen LogP contribution in [0.5, 0.6) is 0 Å². The number of rotatable bonds is 5. The summed E-state index contributed by atoms with van der Waals surface area (Å²) in [6.45, 7) is 3.00. The van der Waals surface area contributed by atoms with Crippen LogP contribution in [0.2, 0.25) is 0 Å². The molecule has 1 aliphatic rings. The van der Waals surface area contributed by atoms with E-state index in [2.05, 4.69) is 83.8 Å². The summed E-state index contributed by atoms with van der Waals surface area (Å²) in [4.78, 5) is 18.2. The number of carbonyl (C=O) groups excluding carboxylic acids is 1. The van der Waals surface area contributed by atoms with Crippen LogP contribution in [0.25, 0.3) is 10.8 Å². The number of carbonyl (C=O) groups is 1. The Hall–Kier alpha value is -3.43. The van der Waals surface area contributed by atoms with Crippen molar-refractivity contribution in [1.29, 1.82) is 0 Å². The van der Waals surface area contributed by atoms with Crippen molar-refractivity contribution >= 4 is 16.7 Å². The summed E-state index contributed by atoms with van der Waals surface area (Å²) in [5, 5.41) is 2.33. The fourth-order valence-electron chi connectivity index (χ4n) is 4.59. The van der Waals surface area contributed by atoms with Crippen LogP contribution in [0, 0.1) is 0 Å². The molecule has 3 heteroatoms. The SMILES string of the molecule is O=C1[C@H](c2cccc3ccccc23)N(Cc2ccccc2)CCN1Cc1ccccc1. The molecule has 0 unspecified atom stereocenters. The van der Waals surface area contributed by atoms with Crippen molar-refractivity contribution in [3.8, 4) is 0 Å². The summed E-state index contributed by atoms with van der Waals surface area (Å²) in [6.07, 6.45) is 0. The van der Waals surface area contributed by atoms with Gasteiger partial charge in [-0.3, -0.25) is 9.69 Å². The molecular weight excluding hydrogens is 380 g/mol. The second-order valence-electron chi connectivity index (χ2n) is 8.17. The van der Waals surface area contributed by atoms with Crippen LogP contribution in [-0.2, 0) is 17.9 Å². The predicted octanol–water partition coefficient (Wildman–Crippen LogP) is 5.43. The van der Waals surface area contributed by atoms with Gasteiger partial charge in [0.05, 0.1) is 0 Å². The Kier molecular flexibility index (Phi) is 5.51. The van der Waals surface area contributed by atoms with E-state index in [4.69, 9.17) is 0 Å². The molecule has 0 bridgehead atoms. The van der Waals surface area contributed by atoms with Gasteiger partial charge in [0.1, 0.15) is 6.04 Å². The number of hydrogen-bond acceptors (Lipinski definition) is 2. The lowest BCUT2D eigenvalue weighted by Gasteiger charge is -2.41. The molecule has 4 aromatic rings. The number of amides is 1. The van der Waals surface area contributed by atoms with Gasteiger partial charge in [-0.2, -0.15) is 0 Å². The van der Waals surface area contributed by atoms with Gasteiger partial charge in [-0.05, 0) is 27.5 Å². The number of benzene rings is 4. The molecule has 1 heterocycles. The van der Waals surface area contributed by atoms with E-state index < -0.39 is 0 Å². The zero-order chi connectivity index (χ0) is 21.0. The Labute approximate surface area is 183 Å². The first-order valence-electron chi connectivity index (χ1n) is 10.9. The van der Waals surface area contributed by atoms with Gasteiger partial charge in [-0.25, -0.2) is 0 Å². The van der Waals surface area contributed by atoms with Crippen LogP contribution in [0.3, 0.4) is 0 Å². The first kappa shape index (κ1) is 19.5. The van der Waals surface area contributed by atoms with Crippen LogP contribution >= 0.6 is 0 Å². The van der Waals surface area contributed by atoms with Crippen LogP contribution in [0.1, 0.15) is 22.7 Å². The van der Waals surface area contributed by atoms with Crippen molar-refractivity contribution in [2.75, 3.05) is 13.1 Å². The molecule has 1 aliphatic heterocycles. The lowest BCUT2D eigenvalue weighted by Crippen LogP contribution is -2.51. The minimum Gasteiger partial charge on any atom is -0.335 e. The number of piperazine rings is 1. The van der Waals surface area contributed by atoms with Crippen LogP contribution in [0.15, 0.2) is 103 Å². The monoisotopic (exact) mass is 406 g/mol. The molecular formula is C28H26N2O. The molecule has 154 valence electrons. The fraction of sp³-hybridized carbons (Fsp3) is 0.179. The molecule has 1 atom stereocenters. The zero-order valence-electron chi connectivity index (χ0n) is 17.5. The van der Waals surface area contributed by atoms with Crippen LogP contribution < -0.4 is 0 Å². The highest BCUT2D eigenvalue weighted by Crippen LogP contribution is 2.33. The third kappa shape index (κ3) is 4.10. The summed E-state index contributed by atoms with van der Waals surface area (Å²) in [5.74, 6) is 0.183. The molecule has 0 radical (unpaired) electrons. The molecule has 0 saturated carbocycles. The molecule has 0 N–H and O–H groups in total. The van der Waals surface area contributed by atoms with Gasteiger partial charge in [0, 0.05) is 26.2 Å². The second-order valence-corrected chi connectivity index (χ2v) is 8.17. The van der Waals surface area contributed by atoms with Crippen molar-refractivity contribution in [2.24, 2.45) is 0 Å². The second kappa shape index (κ2) is 8.75. The molecule has 1 fully saturated rings. The molecule has 1 amide bonds. The maximum absolute atomic E-state index is 13.9. The first-order valence-corrected chi connectivity index (χ1v) is 10.9. The normalized spacial score (nSPS) is 17.2. The van der Waals surface area contributed by atoms with Crippen LogP contribution in [0.4, 0.5) is 0 Å². The smallest absolute Gasteiger partial charge is 0.244 e. The van der Waals surface area contributed by atoms with Gasteiger partial charge in [-0.15, -0.1) is 0 Å². The van der Waals surface area contributed by atoms with E-state index >= 15 is 0 Å². The summed E-state index contributed by atoms with van der Waals surface area (Å²) < 4.78 is 0. The fourth-order valence-corrected chi connectivity index (χ4v) is 4.59. The first-order chi connectivity index (χ1) is 15.3. The minimum atomic E-state index is -0.288. The van der Waals surface area contributed by atoms with E-state index in [9.17, 15) is 4.79 Å². The molecule has 5 rings (SSSR count). The van der Waals surface area contributed by atoms with E-state index in [1.807, 2.05) is 29.2 Å². The highest BCUT2D eigenvalue weighted by molar-refractivity contribution is 5.93. The molecule has 0 aliphatic carbocycles. The van der Waals surface area contributed by atoms with E-state index in [0.29, 0.717) is 6.54 Å². The van der Waals surface area contributed by atoms with Gasteiger partial charge in [0.2, 0.25) is 5.91 Å². The lowest BCUT2D eigenvalue weighted by molar-refractivity contribution is -0.143. The lowest BCUT2D eigenvalue weighted by atomic mass is 9.94. The van der Waals surface area contributed by atoms with E-state index in [1.165, 1.54) is 16.5 Å². The summed E-state index contributed by atoms with van der Waals surface area (Å²) >= 11 is 0. The average Bonchev–Trinajstić information content (AvgIpc) is 2.82. The number of hydrogen-bond donors (Lipinski definition) is 0. The highest BCUT2D eigenvalue weighted by Gasteiger charge is 2.36. The van der Waals surface area contributed by atoms with Crippen molar-refractivity contribution < 1.29 is 4.79 Å². The highest BCUT2D eigenvalue weighted by atomic mass is 16.2. The van der Waals surface area contributed by atoms with Gasteiger partial charge >= 0.3 is 0 Å². The van der Waals surface area contributed by atoms with Gasteiger partial charge in [0.25, 0.3) is 0 Å². The van der Waals surface area contributed by atoms with E-state index in [1.54, 1.807) is 0 Å². The molecule has 4 aromatic carbocycles. The molecule has 31 heavy (non-hydrogen) atoms. The van der Waals surface area contributed by atoms with Crippen molar-refractivity contribution in [1.82, 2.24) is 9.80 Å². The van der Waals surface area contributed by atoms with Crippen molar-refractivity contribution in [2.45, 2.75) is 19.1 Å². The molecule has 0 aromatic heterocycles. The summed E-state index contributed by atoms with van der Waals surface area (Å²) in [6, 6.07) is 35.1. The Morgan fingerprint density at radius 2 is 1.26 bits per heavy atom. The maximum Gasteiger partial charge on any atom is 0.244 e. The van der Waals surface area contributed by atoms with E-state index in [0.717, 1.165) is 30.6 Å². The van der Waals surface area contributed by atoms with Crippen molar-refractivity contribution in [3.63, 3.8) is 0 Å².